The van der Waals surface area contributed by atoms with Crippen LogP contribution in [0.15, 0.2) is 35.2 Å². The van der Waals surface area contributed by atoms with Crippen molar-refractivity contribution in [3.8, 4) is 0 Å². The van der Waals surface area contributed by atoms with Crippen molar-refractivity contribution in [1.82, 2.24) is 4.90 Å². The predicted molar refractivity (Wildman–Crippen MR) is 99.9 cm³/mol. The number of carbonyl (C=O) groups excluding carboxylic acids is 2. The molecule has 3 nitrogen and oxygen atoms in total. The minimum Gasteiger partial charge on any atom is -0.274 e. The summed E-state index contributed by atoms with van der Waals surface area (Å²) >= 11 is 4.46. The van der Waals surface area contributed by atoms with E-state index < -0.39 is 0 Å². The first kappa shape index (κ1) is 17.0. The maximum atomic E-state index is 12.9. The third kappa shape index (κ3) is 2.84. The maximum Gasteiger partial charge on any atom is 0.261 e. The Balaban J connectivity index is 2.00. The van der Waals surface area contributed by atoms with Crippen LogP contribution >= 0.6 is 12.6 Å². The molecule has 0 saturated heterocycles. The van der Waals surface area contributed by atoms with E-state index in [4.69, 9.17) is 0 Å². The van der Waals surface area contributed by atoms with Crippen LogP contribution in [0.5, 0.6) is 0 Å². The van der Waals surface area contributed by atoms with Crippen molar-refractivity contribution in [3.63, 3.8) is 0 Å². The SMILES string of the molecule is CCCC[C@H](CC)CN1C(=O)c2cccc3c(S)ccc(c23)C1=O. The highest BCUT2D eigenvalue weighted by Crippen LogP contribution is 2.34. The quantitative estimate of drug-likeness (QED) is 0.597. The van der Waals surface area contributed by atoms with Gasteiger partial charge >= 0.3 is 0 Å². The van der Waals surface area contributed by atoms with Crippen LogP contribution in [0.4, 0.5) is 0 Å². The second-order valence-corrected chi connectivity index (χ2v) is 6.98. The van der Waals surface area contributed by atoms with Crippen LogP contribution in [0, 0.1) is 5.92 Å². The molecule has 0 aromatic heterocycles. The highest BCUT2D eigenvalue weighted by Gasteiger charge is 2.34. The highest BCUT2D eigenvalue weighted by atomic mass is 32.1. The van der Waals surface area contributed by atoms with E-state index in [-0.39, 0.29) is 11.8 Å². The number of hydrogen-bond acceptors (Lipinski definition) is 3. The number of benzene rings is 2. The molecule has 1 aliphatic rings. The second-order valence-electron chi connectivity index (χ2n) is 6.50. The van der Waals surface area contributed by atoms with E-state index in [9.17, 15) is 9.59 Å². The molecule has 2 aromatic carbocycles. The van der Waals surface area contributed by atoms with Crippen LogP contribution in [0.3, 0.4) is 0 Å². The van der Waals surface area contributed by atoms with E-state index >= 15 is 0 Å². The van der Waals surface area contributed by atoms with Crippen molar-refractivity contribution < 1.29 is 9.59 Å². The summed E-state index contributed by atoms with van der Waals surface area (Å²) in [6.45, 7) is 4.80. The van der Waals surface area contributed by atoms with E-state index in [1.807, 2.05) is 24.3 Å². The number of imide groups is 1. The van der Waals surface area contributed by atoms with Crippen LogP contribution in [0.1, 0.15) is 60.2 Å². The number of amides is 2. The highest BCUT2D eigenvalue weighted by molar-refractivity contribution is 7.80. The summed E-state index contributed by atoms with van der Waals surface area (Å²) < 4.78 is 0. The van der Waals surface area contributed by atoms with Crippen LogP contribution in [-0.2, 0) is 0 Å². The molecular weight excluding hydrogens is 318 g/mol. The van der Waals surface area contributed by atoms with Crippen LogP contribution in [0.2, 0.25) is 0 Å². The molecule has 1 heterocycles. The molecule has 0 radical (unpaired) electrons. The number of nitrogens with zero attached hydrogens (tertiary/aromatic N) is 1. The Morgan fingerprint density at radius 3 is 2.42 bits per heavy atom. The van der Waals surface area contributed by atoms with Crippen LogP contribution in [-0.4, -0.2) is 23.3 Å². The normalized spacial score (nSPS) is 15.2. The third-order valence-electron chi connectivity index (χ3n) is 4.95. The second kappa shape index (κ2) is 6.98. The lowest BCUT2D eigenvalue weighted by molar-refractivity contribution is 0.0580. The Hall–Kier alpha value is -1.81. The van der Waals surface area contributed by atoms with Crippen molar-refractivity contribution in [1.29, 1.82) is 0 Å². The number of carbonyl (C=O) groups is 2. The molecule has 2 amide bonds. The van der Waals surface area contributed by atoms with Gasteiger partial charge in [0.25, 0.3) is 11.8 Å². The molecule has 1 aliphatic heterocycles. The minimum absolute atomic E-state index is 0.174. The Kier molecular flexibility index (Phi) is 4.95. The van der Waals surface area contributed by atoms with E-state index in [0.29, 0.717) is 23.6 Å². The molecule has 0 N–H and O–H groups in total. The van der Waals surface area contributed by atoms with Gasteiger partial charge in [0.15, 0.2) is 0 Å². The average molecular weight is 341 g/mol. The van der Waals surface area contributed by atoms with Crippen LogP contribution < -0.4 is 0 Å². The first-order valence-corrected chi connectivity index (χ1v) is 9.14. The summed E-state index contributed by atoms with van der Waals surface area (Å²) in [5.41, 5.74) is 1.23. The molecule has 4 heteroatoms. The van der Waals surface area contributed by atoms with Crippen molar-refractivity contribution in [2.45, 2.75) is 44.4 Å². The third-order valence-corrected chi connectivity index (χ3v) is 5.34. The Bertz CT molecular complexity index is 777. The molecule has 1 atom stereocenters. The maximum absolute atomic E-state index is 12.9. The summed E-state index contributed by atoms with van der Waals surface area (Å²) in [6, 6.07) is 9.22. The van der Waals surface area contributed by atoms with Gasteiger partial charge in [0.1, 0.15) is 0 Å². The Labute approximate surface area is 148 Å². The molecule has 0 spiro atoms. The number of rotatable bonds is 6. The van der Waals surface area contributed by atoms with Gasteiger partial charge in [0.05, 0.1) is 0 Å². The molecule has 126 valence electrons. The van der Waals surface area contributed by atoms with Crippen molar-refractivity contribution in [2.75, 3.05) is 6.54 Å². The number of thiol groups is 1. The molecule has 24 heavy (non-hydrogen) atoms. The van der Waals surface area contributed by atoms with Crippen LogP contribution in [0.25, 0.3) is 10.8 Å². The zero-order chi connectivity index (χ0) is 17.3. The molecule has 3 rings (SSSR count). The lowest BCUT2D eigenvalue weighted by Crippen LogP contribution is -2.43. The van der Waals surface area contributed by atoms with Gasteiger partial charge in [0.2, 0.25) is 0 Å². The van der Waals surface area contributed by atoms with Gasteiger partial charge in [-0.15, -0.1) is 12.6 Å². The summed E-state index contributed by atoms with van der Waals surface area (Å²) in [7, 11) is 0. The van der Waals surface area contributed by atoms with Crippen molar-refractivity contribution >= 4 is 35.2 Å². The average Bonchev–Trinajstić information content (AvgIpc) is 2.60. The molecule has 0 unspecified atom stereocenters. The van der Waals surface area contributed by atoms with Gasteiger partial charge in [-0.05, 0) is 35.9 Å². The topological polar surface area (TPSA) is 37.4 Å². The van der Waals surface area contributed by atoms with Gasteiger partial charge < -0.3 is 0 Å². The van der Waals surface area contributed by atoms with E-state index in [2.05, 4.69) is 26.5 Å². The van der Waals surface area contributed by atoms with Gasteiger partial charge in [0, 0.05) is 28.0 Å². The summed E-state index contributed by atoms with van der Waals surface area (Å²) in [5.74, 6) is 0.0155. The van der Waals surface area contributed by atoms with Gasteiger partial charge in [-0.3, -0.25) is 14.5 Å². The largest absolute Gasteiger partial charge is 0.274 e. The zero-order valence-electron chi connectivity index (χ0n) is 14.2. The summed E-state index contributed by atoms with van der Waals surface area (Å²) in [4.78, 5) is 28.1. The van der Waals surface area contributed by atoms with E-state index in [1.54, 1.807) is 6.07 Å². The molecule has 0 fully saturated rings. The monoisotopic (exact) mass is 341 g/mol. The molecular formula is C20H23NO2S. The lowest BCUT2D eigenvalue weighted by atomic mass is 9.92. The lowest BCUT2D eigenvalue weighted by Gasteiger charge is -2.30. The standard InChI is InChI=1S/C20H23NO2S/c1-3-5-7-13(4-2)12-21-19(22)15-9-6-8-14-17(24)11-10-16(18(14)15)20(21)23/h6,8-11,13,24H,3-5,7,12H2,1-2H3/t13-/m0/s1. The molecule has 2 aromatic rings. The number of hydrogen-bond donors (Lipinski definition) is 1. The molecule has 0 bridgehead atoms. The summed E-state index contributed by atoms with van der Waals surface area (Å²) in [5, 5.41) is 1.62. The van der Waals surface area contributed by atoms with Gasteiger partial charge in [-0.2, -0.15) is 0 Å². The summed E-state index contributed by atoms with van der Waals surface area (Å²) in [6.07, 6.45) is 4.29. The van der Waals surface area contributed by atoms with E-state index in [1.165, 1.54) is 4.90 Å². The molecule has 0 saturated carbocycles. The predicted octanol–water partition coefficient (Wildman–Crippen LogP) is 4.94. The fourth-order valence-electron chi connectivity index (χ4n) is 3.47. The van der Waals surface area contributed by atoms with E-state index in [0.717, 1.165) is 41.4 Å². The Morgan fingerprint density at radius 1 is 1.04 bits per heavy atom. The fourth-order valence-corrected chi connectivity index (χ4v) is 3.73. The van der Waals surface area contributed by atoms with Gasteiger partial charge in [-0.25, -0.2) is 0 Å². The van der Waals surface area contributed by atoms with Gasteiger partial charge in [-0.1, -0.05) is 45.2 Å². The first-order chi connectivity index (χ1) is 11.6. The first-order valence-electron chi connectivity index (χ1n) is 8.69. The van der Waals surface area contributed by atoms with Crippen molar-refractivity contribution in [3.05, 3.63) is 41.5 Å². The smallest absolute Gasteiger partial charge is 0.261 e. The van der Waals surface area contributed by atoms with Crippen molar-refractivity contribution in [2.24, 2.45) is 5.92 Å². The molecule has 0 aliphatic carbocycles. The Morgan fingerprint density at radius 2 is 1.75 bits per heavy atom. The fraction of sp³-hybridized carbons (Fsp3) is 0.400. The number of unbranched alkanes of at least 4 members (excludes halogenated alkanes) is 1. The zero-order valence-corrected chi connectivity index (χ0v) is 15.1. The minimum atomic E-state index is -0.174.